The minimum absolute atomic E-state index is 0.211. The minimum Gasteiger partial charge on any atom is -0.490 e. The largest absolute Gasteiger partial charge is 0.490 e. The molecule has 0 amide bonds. The summed E-state index contributed by atoms with van der Waals surface area (Å²) in [6.45, 7) is 2.21. The van der Waals surface area contributed by atoms with Crippen LogP contribution in [0, 0.1) is 11.7 Å². The van der Waals surface area contributed by atoms with Crippen molar-refractivity contribution in [2.24, 2.45) is 5.92 Å². The normalized spacial score (nSPS) is 25.6. The third-order valence-corrected chi connectivity index (χ3v) is 2.89. The van der Waals surface area contributed by atoms with Crippen LogP contribution < -0.4 is 4.74 Å². The van der Waals surface area contributed by atoms with Gasteiger partial charge in [0.2, 0.25) is 0 Å². The van der Waals surface area contributed by atoms with Gasteiger partial charge in [-0.1, -0.05) is 13.3 Å². The van der Waals surface area contributed by atoms with Crippen LogP contribution in [0.15, 0.2) is 24.3 Å². The number of rotatable bonds is 3. The molecule has 0 radical (unpaired) electrons. The highest BCUT2D eigenvalue weighted by Crippen LogP contribution is 2.33. The van der Waals surface area contributed by atoms with Gasteiger partial charge in [0.15, 0.2) is 0 Å². The van der Waals surface area contributed by atoms with E-state index in [0.29, 0.717) is 6.10 Å². The Morgan fingerprint density at radius 1 is 1.29 bits per heavy atom. The Kier molecular flexibility index (Phi) is 2.71. The molecule has 0 heterocycles. The highest BCUT2D eigenvalue weighted by atomic mass is 19.1. The second-order valence-electron chi connectivity index (χ2n) is 3.94. The van der Waals surface area contributed by atoms with Crippen molar-refractivity contribution in [1.82, 2.24) is 0 Å². The van der Waals surface area contributed by atoms with E-state index in [2.05, 4.69) is 6.92 Å². The molecule has 0 N–H and O–H groups in total. The molecule has 1 nitrogen and oxygen atoms in total. The molecule has 1 aliphatic carbocycles. The fourth-order valence-corrected chi connectivity index (χ4v) is 1.81. The Labute approximate surface area is 83.9 Å². The summed E-state index contributed by atoms with van der Waals surface area (Å²) >= 11 is 0. The topological polar surface area (TPSA) is 9.23 Å². The van der Waals surface area contributed by atoms with Gasteiger partial charge in [-0.3, -0.25) is 0 Å². The Morgan fingerprint density at radius 2 is 1.93 bits per heavy atom. The molecular weight excluding hydrogens is 179 g/mol. The standard InChI is InChI=1S/C12H15FO/c1-2-9-7-12(8-9)14-11-5-3-10(13)4-6-11/h3-6,9,12H,2,7-8H2,1H3/t9-,12+. The molecule has 0 unspecified atom stereocenters. The first-order valence-corrected chi connectivity index (χ1v) is 5.20. The number of benzene rings is 1. The van der Waals surface area contributed by atoms with E-state index in [1.165, 1.54) is 18.6 Å². The molecule has 1 saturated carbocycles. The first kappa shape index (κ1) is 9.50. The van der Waals surface area contributed by atoms with Gasteiger partial charge in [-0.15, -0.1) is 0 Å². The average Bonchev–Trinajstić information content (AvgIpc) is 2.13. The molecule has 14 heavy (non-hydrogen) atoms. The lowest BCUT2D eigenvalue weighted by Crippen LogP contribution is -2.33. The molecule has 0 saturated heterocycles. The van der Waals surface area contributed by atoms with E-state index >= 15 is 0 Å². The molecular formula is C12H15FO. The van der Waals surface area contributed by atoms with E-state index < -0.39 is 0 Å². The van der Waals surface area contributed by atoms with Crippen LogP contribution in [0.4, 0.5) is 4.39 Å². The summed E-state index contributed by atoms with van der Waals surface area (Å²) in [6, 6.07) is 6.25. The van der Waals surface area contributed by atoms with Gasteiger partial charge in [0.05, 0.1) is 6.10 Å². The number of hydrogen-bond acceptors (Lipinski definition) is 1. The predicted molar refractivity (Wildman–Crippen MR) is 53.8 cm³/mol. The maximum Gasteiger partial charge on any atom is 0.123 e. The van der Waals surface area contributed by atoms with Gasteiger partial charge in [-0.2, -0.15) is 0 Å². The minimum atomic E-state index is -0.211. The lowest BCUT2D eigenvalue weighted by atomic mass is 9.80. The molecule has 2 heteroatoms. The molecule has 76 valence electrons. The molecule has 0 aromatic heterocycles. The Bertz CT molecular complexity index is 288. The van der Waals surface area contributed by atoms with E-state index in [4.69, 9.17) is 4.74 Å². The Morgan fingerprint density at radius 3 is 2.50 bits per heavy atom. The van der Waals surface area contributed by atoms with E-state index in [1.807, 2.05) is 0 Å². The molecule has 0 atom stereocenters. The van der Waals surface area contributed by atoms with E-state index in [-0.39, 0.29) is 5.82 Å². The third kappa shape index (κ3) is 2.06. The van der Waals surface area contributed by atoms with Gasteiger partial charge in [-0.25, -0.2) is 4.39 Å². The fraction of sp³-hybridized carbons (Fsp3) is 0.500. The van der Waals surface area contributed by atoms with Gasteiger partial charge in [0, 0.05) is 0 Å². The highest BCUT2D eigenvalue weighted by Gasteiger charge is 2.29. The van der Waals surface area contributed by atoms with Crippen molar-refractivity contribution in [3.63, 3.8) is 0 Å². The van der Waals surface area contributed by atoms with Crippen molar-refractivity contribution < 1.29 is 9.13 Å². The van der Waals surface area contributed by atoms with Crippen LogP contribution in [0.25, 0.3) is 0 Å². The molecule has 1 aliphatic rings. The van der Waals surface area contributed by atoms with Gasteiger partial charge < -0.3 is 4.74 Å². The SMILES string of the molecule is CC[C@H]1C[C@@H](Oc2ccc(F)cc2)C1. The quantitative estimate of drug-likeness (QED) is 0.716. The van der Waals surface area contributed by atoms with Crippen molar-refractivity contribution in [2.75, 3.05) is 0 Å². The second kappa shape index (κ2) is 3.99. The summed E-state index contributed by atoms with van der Waals surface area (Å²) in [5, 5.41) is 0. The summed E-state index contributed by atoms with van der Waals surface area (Å²) in [5.41, 5.74) is 0. The van der Waals surface area contributed by atoms with Gasteiger partial charge >= 0.3 is 0 Å². The van der Waals surface area contributed by atoms with Crippen molar-refractivity contribution in [3.05, 3.63) is 30.1 Å². The second-order valence-corrected chi connectivity index (χ2v) is 3.94. The van der Waals surface area contributed by atoms with Crippen molar-refractivity contribution in [1.29, 1.82) is 0 Å². The third-order valence-electron chi connectivity index (χ3n) is 2.89. The van der Waals surface area contributed by atoms with E-state index in [1.54, 1.807) is 12.1 Å². The predicted octanol–water partition coefficient (Wildman–Crippen LogP) is 3.39. The average molecular weight is 194 g/mol. The monoisotopic (exact) mass is 194 g/mol. The van der Waals surface area contributed by atoms with Crippen LogP contribution in [0.5, 0.6) is 5.75 Å². The van der Waals surface area contributed by atoms with Crippen molar-refractivity contribution in [2.45, 2.75) is 32.3 Å². The van der Waals surface area contributed by atoms with Gasteiger partial charge in [0.1, 0.15) is 11.6 Å². The number of ether oxygens (including phenoxy) is 1. The smallest absolute Gasteiger partial charge is 0.123 e. The zero-order valence-corrected chi connectivity index (χ0v) is 8.37. The highest BCUT2D eigenvalue weighted by molar-refractivity contribution is 5.22. The summed E-state index contributed by atoms with van der Waals surface area (Å²) < 4.78 is 18.3. The van der Waals surface area contributed by atoms with E-state index in [0.717, 1.165) is 24.5 Å². The first-order chi connectivity index (χ1) is 6.78. The van der Waals surface area contributed by atoms with Crippen LogP contribution in [0.2, 0.25) is 0 Å². The van der Waals surface area contributed by atoms with Crippen molar-refractivity contribution >= 4 is 0 Å². The van der Waals surface area contributed by atoms with Crippen LogP contribution in [0.1, 0.15) is 26.2 Å². The molecule has 2 rings (SSSR count). The van der Waals surface area contributed by atoms with Crippen molar-refractivity contribution in [3.8, 4) is 5.75 Å². The fourth-order valence-electron chi connectivity index (χ4n) is 1.81. The molecule has 0 aliphatic heterocycles. The maximum atomic E-state index is 12.6. The molecule has 1 aromatic carbocycles. The van der Waals surface area contributed by atoms with Gasteiger partial charge in [0.25, 0.3) is 0 Å². The molecule has 0 spiro atoms. The number of hydrogen-bond donors (Lipinski definition) is 0. The zero-order chi connectivity index (χ0) is 9.97. The molecule has 1 fully saturated rings. The Hall–Kier alpha value is -1.05. The summed E-state index contributed by atoms with van der Waals surface area (Å²) in [4.78, 5) is 0. The van der Waals surface area contributed by atoms with Crippen LogP contribution >= 0.6 is 0 Å². The summed E-state index contributed by atoms with van der Waals surface area (Å²) in [7, 11) is 0. The molecule has 1 aromatic rings. The van der Waals surface area contributed by atoms with Crippen LogP contribution in [-0.2, 0) is 0 Å². The van der Waals surface area contributed by atoms with E-state index in [9.17, 15) is 4.39 Å². The lowest BCUT2D eigenvalue weighted by Gasteiger charge is -2.34. The Balaban J connectivity index is 1.84. The number of halogens is 1. The van der Waals surface area contributed by atoms with Crippen LogP contribution in [-0.4, -0.2) is 6.10 Å². The van der Waals surface area contributed by atoms with Gasteiger partial charge in [-0.05, 0) is 43.0 Å². The maximum absolute atomic E-state index is 12.6. The summed E-state index contributed by atoms with van der Waals surface area (Å²) in [6.07, 6.45) is 3.89. The lowest BCUT2D eigenvalue weighted by molar-refractivity contribution is 0.0631. The zero-order valence-electron chi connectivity index (χ0n) is 8.37. The van der Waals surface area contributed by atoms with Crippen LogP contribution in [0.3, 0.4) is 0 Å². The first-order valence-electron chi connectivity index (χ1n) is 5.20. The summed E-state index contributed by atoms with van der Waals surface area (Å²) in [5.74, 6) is 1.41. The molecule has 0 bridgehead atoms.